The molecule has 0 N–H and O–H groups in total. The monoisotopic (exact) mass is 127 g/mol. The first-order chi connectivity index (χ1) is 2.91. The minimum atomic E-state index is -0.848. The number of hydrogen-bond donors (Lipinski definition) is 0. The van der Waals surface area contributed by atoms with Gasteiger partial charge >= 0.3 is 0 Å². The summed E-state index contributed by atoms with van der Waals surface area (Å²) in [6.07, 6.45) is 0. The van der Waals surface area contributed by atoms with Crippen LogP contribution in [0.15, 0.2) is 4.52 Å². The standard InChI is InChI=1S/CH4FNOP2/c1-4-6-3-5-2/h5H,1H3. The van der Waals surface area contributed by atoms with Gasteiger partial charge in [0.05, 0.1) is 0 Å². The molecule has 0 aliphatic heterocycles. The van der Waals surface area contributed by atoms with E-state index < -0.39 is 9.04 Å². The highest BCUT2D eigenvalue weighted by molar-refractivity contribution is 7.39. The van der Waals surface area contributed by atoms with Gasteiger partial charge in [-0.05, 0) is 0 Å². The van der Waals surface area contributed by atoms with Gasteiger partial charge in [-0.25, -0.2) is 4.20 Å². The maximum absolute atomic E-state index is 11.0. The minimum absolute atomic E-state index is 0.374. The van der Waals surface area contributed by atoms with Crippen molar-refractivity contribution in [1.29, 1.82) is 0 Å². The molecule has 0 bridgehead atoms. The van der Waals surface area contributed by atoms with E-state index in [0.29, 0.717) is 8.60 Å². The van der Waals surface area contributed by atoms with Crippen LogP contribution in [0, 0.1) is 0 Å². The lowest BCUT2D eigenvalue weighted by atomic mass is 11.8. The van der Waals surface area contributed by atoms with E-state index in [4.69, 9.17) is 0 Å². The van der Waals surface area contributed by atoms with Crippen LogP contribution in [0.5, 0.6) is 0 Å². The fourth-order valence-electron chi connectivity index (χ4n) is 0.0563. The maximum Gasteiger partial charge on any atom is 0.195 e. The first kappa shape index (κ1) is 6.42. The third-order valence-electron chi connectivity index (χ3n) is 0.160. The highest BCUT2D eigenvalue weighted by Crippen LogP contribution is 2.18. The Morgan fingerprint density at radius 3 is 2.83 bits per heavy atom. The summed E-state index contributed by atoms with van der Waals surface area (Å²) in [7, 11) is 0.990. The van der Waals surface area contributed by atoms with Crippen LogP contribution in [0.25, 0.3) is 0 Å². The van der Waals surface area contributed by atoms with E-state index in [0.717, 1.165) is 0 Å². The predicted octanol–water partition coefficient (Wildman–Crippen LogP) is 2.16. The molecule has 0 fully saturated rings. The van der Waals surface area contributed by atoms with Crippen molar-refractivity contribution >= 4 is 17.6 Å². The van der Waals surface area contributed by atoms with Gasteiger partial charge in [0.1, 0.15) is 0 Å². The smallest absolute Gasteiger partial charge is 0.195 e. The Morgan fingerprint density at radius 2 is 2.67 bits per heavy atom. The van der Waals surface area contributed by atoms with Crippen LogP contribution < -0.4 is 0 Å². The molecule has 0 aliphatic rings. The molecule has 5 heteroatoms. The van der Waals surface area contributed by atoms with Crippen LogP contribution in [0.3, 0.4) is 0 Å². The van der Waals surface area contributed by atoms with E-state index in [-0.39, 0.29) is 0 Å². The molecule has 0 amide bonds. The summed E-state index contributed by atoms with van der Waals surface area (Å²) in [4.78, 5) is 0. The molecule has 0 rings (SSSR count). The quantitative estimate of drug-likeness (QED) is 0.520. The maximum atomic E-state index is 11.0. The summed E-state index contributed by atoms with van der Waals surface area (Å²) in [6, 6.07) is 0. The number of nitrogens with zero attached hydrogens (tertiary/aromatic N) is 1. The van der Waals surface area contributed by atoms with Gasteiger partial charge in [-0.15, -0.1) is 0 Å². The van der Waals surface area contributed by atoms with Crippen molar-refractivity contribution in [2.45, 2.75) is 0 Å². The molecule has 1 atom stereocenters. The summed E-state index contributed by atoms with van der Waals surface area (Å²) in [6.45, 7) is 0. The Labute approximate surface area is 39.0 Å². The first-order valence-corrected chi connectivity index (χ1v) is 2.79. The molecule has 0 aromatic rings. The molecule has 6 heavy (non-hydrogen) atoms. The largest absolute Gasteiger partial charge is 0.314 e. The van der Waals surface area contributed by atoms with Crippen molar-refractivity contribution in [1.82, 2.24) is 0 Å². The van der Waals surface area contributed by atoms with Crippen LogP contribution in [0.2, 0.25) is 0 Å². The number of halogens is 1. The van der Waals surface area contributed by atoms with E-state index in [1.807, 2.05) is 0 Å². The second-order valence-corrected chi connectivity index (χ2v) is 1.95. The summed E-state index contributed by atoms with van der Waals surface area (Å²) in [5, 5.41) is 0. The van der Waals surface area contributed by atoms with E-state index in [1.165, 1.54) is 7.11 Å². The Balaban J connectivity index is 2.73. The van der Waals surface area contributed by atoms with Crippen molar-refractivity contribution in [2.24, 2.45) is 4.52 Å². The van der Waals surface area contributed by atoms with Crippen LogP contribution in [-0.4, -0.2) is 7.11 Å². The molecule has 0 heterocycles. The lowest BCUT2D eigenvalue weighted by molar-refractivity contribution is 0.482. The number of rotatable bonds is 2. The highest BCUT2D eigenvalue weighted by atomic mass is 31.1. The van der Waals surface area contributed by atoms with Crippen LogP contribution in [0.4, 0.5) is 4.20 Å². The molecule has 1 unspecified atom stereocenters. The van der Waals surface area contributed by atoms with Gasteiger partial charge in [-0.2, -0.15) is 4.52 Å². The minimum Gasteiger partial charge on any atom is -0.314 e. The third kappa shape index (κ3) is 4.42. The summed E-state index contributed by atoms with van der Waals surface area (Å²) in [5.74, 6) is 0. The molecular weight excluding hydrogens is 123 g/mol. The Bertz CT molecular complexity index is 42.8. The highest BCUT2D eigenvalue weighted by Gasteiger charge is 1.64. The molecule has 0 aromatic carbocycles. The fraction of sp³-hybridized carbons (Fsp3) is 1.00. The fourth-order valence-corrected chi connectivity index (χ4v) is 0.506. The van der Waals surface area contributed by atoms with Crippen LogP contribution >= 0.6 is 17.6 Å². The third-order valence-corrected chi connectivity index (χ3v) is 0.953. The molecular formula is CH4FNOP2. The average molecular weight is 127 g/mol. The summed E-state index contributed by atoms with van der Waals surface area (Å²) < 4.78 is 18.5. The van der Waals surface area contributed by atoms with Crippen molar-refractivity contribution < 1.29 is 8.72 Å². The number of hydrogen-bond acceptors (Lipinski definition) is 2. The topological polar surface area (TPSA) is 21.6 Å². The lowest BCUT2D eigenvalue weighted by Gasteiger charge is -1.71. The molecule has 0 spiro atoms. The van der Waals surface area contributed by atoms with E-state index in [9.17, 15) is 4.20 Å². The predicted molar refractivity (Wildman–Crippen MR) is 25.8 cm³/mol. The first-order valence-electron chi connectivity index (χ1n) is 1.20. The molecule has 2 nitrogen and oxygen atoms in total. The van der Waals surface area contributed by atoms with Crippen LogP contribution in [-0.2, 0) is 4.52 Å². The van der Waals surface area contributed by atoms with Crippen LogP contribution in [0.1, 0.15) is 0 Å². The normalized spacial score (nSPS) is 12.3. The molecule has 0 saturated carbocycles. The Morgan fingerprint density at radius 1 is 2.00 bits per heavy atom. The van der Waals surface area contributed by atoms with Gasteiger partial charge in [0.15, 0.2) is 17.6 Å². The average Bonchev–Trinajstić information content (AvgIpc) is 1.61. The van der Waals surface area contributed by atoms with Crippen molar-refractivity contribution in [3.05, 3.63) is 0 Å². The zero-order valence-electron chi connectivity index (χ0n) is 3.18. The molecule has 0 aliphatic carbocycles. The second kappa shape index (κ2) is 5.42. The Hall–Kier alpha value is 0.420. The van der Waals surface area contributed by atoms with Gasteiger partial charge in [0.2, 0.25) is 0 Å². The van der Waals surface area contributed by atoms with Gasteiger partial charge in [0, 0.05) is 7.11 Å². The summed E-state index contributed by atoms with van der Waals surface area (Å²) >= 11 is 0. The van der Waals surface area contributed by atoms with Gasteiger partial charge in [-0.3, -0.25) is 0 Å². The lowest BCUT2D eigenvalue weighted by Crippen LogP contribution is -1.43. The van der Waals surface area contributed by atoms with E-state index >= 15 is 0 Å². The zero-order chi connectivity index (χ0) is 4.83. The van der Waals surface area contributed by atoms with E-state index in [2.05, 4.69) is 9.04 Å². The molecule has 0 saturated heterocycles. The van der Waals surface area contributed by atoms with Gasteiger partial charge in [-0.1, -0.05) is 0 Å². The van der Waals surface area contributed by atoms with Gasteiger partial charge in [0.25, 0.3) is 0 Å². The van der Waals surface area contributed by atoms with Crippen molar-refractivity contribution in [3.63, 3.8) is 0 Å². The zero-order valence-corrected chi connectivity index (χ0v) is 5.08. The molecule has 0 radical (unpaired) electrons. The Kier molecular flexibility index (Phi) is 5.80. The van der Waals surface area contributed by atoms with E-state index in [1.54, 1.807) is 0 Å². The molecule has 0 aromatic heterocycles. The van der Waals surface area contributed by atoms with Gasteiger partial charge < -0.3 is 4.52 Å². The second-order valence-electron chi connectivity index (χ2n) is 0.449. The van der Waals surface area contributed by atoms with Crippen molar-refractivity contribution in [2.75, 3.05) is 7.11 Å². The SMILES string of the molecule is CO/P=N/PF. The van der Waals surface area contributed by atoms with Crippen molar-refractivity contribution in [3.8, 4) is 0 Å². The summed E-state index contributed by atoms with van der Waals surface area (Å²) in [5.41, 5.74) is 0. The molecule has 36 valence electrons.